The Morgan fingerprint density at radius 1 is 1.30 bits per heavy atom. The molecule has 7 heteroatoms. The van der Waals surface area contributed by atoms with Crippen molar-refractivity contribution in [2.24, 2.45) is 11.7 Å². The van der Waals surface area contributed by atoms with Crippen LogP contribution in [0.3, 0.4) is 0 Å². The summed E-state index contributed by atoms with van der Waals surface area (Å²) in [5.74, 6) is 1.45. The molecule has 20 heavy (non-hydrogen) atoms. The highest BCUT2D eigenvalue weighted by Crippen LogP contribution is 2.40. The van der Waals surface area contributed by atoms with Gasteiger partial charge in [0.2, 0.25) is 6.79 Å². The molecule has 0 bridgehead atoms. The number of nitrogens with two attached hydrogens (primary N) is 1. The van der Waals surface area contributed by atoms with Crippen LogP contribution in [-0.4, -0.2) is 11.7 Å². The van der Waals surface area contributed by atoms with Crippen LogP contribution in [0.2, 0.25) is 0 Å². The molecule has 0 aliphatic carbocycles. The van der Waals surface area contributed by atoms with Gasteiger partial charge in [-0.3, -0.25) is 10.1 Å². The Kier molecular flexibility index (Phi) is 5.59. The molecule has 0 amide bonds. The minimum atomic E-state index is -0.424. The van der Waals surface area contributed by atoms with Crippen LogP contribution >= 0.6 is 12.4 Å². The van der Waals surface area contributed by atoms with Crippen molar-refractivity contribution < 1.29 is 14.4 Å². The minimum Gasteiger partial charge on any atom is -0.454 e. The van der Waals surface area contributed by atoms with E-state index in [2.05, 4.69) is 13.8 Å². The zero-order valence-corrected chi connectivity index (χ0v) is 12.3. The summed E-state index contributed by atoms with van der Waals surface area (Å²) in [7, 11) is 0. The molecule has 2 N–H and O–H groups in total. The second kappa shape index (κ2) is 6.76. The Balaban J connectivity index is 0.00000200. The number of halogens is 1. The highest BCUT2D eigenvalue weighted by Gasteiger charge is 2.26. The van der Waals surface area contributed by atoms with Gasteiger partial charge in [0.05, 0.1) is 16.6 Å². The molecule has 1 aliphatic rings. The molecular formula is C13H19ClN2O4. The van der Waals surface area contributed by atoms with Crippen molar-refractivity contribution >= 4 is 18.1 Å². The van der Waals surface area contributed by atoms with Crippen LogP contribution in [0.1, 0.15) is 38.3 Å². The van der Waals surface area contributed by atoms with Crippen LogP contribution in [-0.2, 0) is 0 Å². The van der Waals surface area contributed by atoms with Gasteiger partial charge in [0.1, 0.15) is 0 Å². The van der Waals surface area contributed by atoms with Crippen LogP contribution in [0.5, 0.6) is 11.5 Å². The lowest BCUT2D eigenvalue weighted by atomic mass is 9.97. The van der Waals surface area contributed by atoms with Crippen LogP contribution < -0.4 is 15.2 Å². The van der Waals surface area contributed by atoms with Gasteiger partial charge in [-0.1, -0.05) is 13.8 Å². The van der Waals surface area contributed by atoms with Crippen molar-refractivity contribution in [2.45, 2.75) is 32.7 Å². The standard InChI is InChI=1S/C13H18N2O4.ClH/c1-8(2)3-4-10(14)9-5-12-13(19-7-18-12)6-11(9)15(16)17;/h5-6,8,10H,3-4,7,14H2,1-2H3;1H/t10-;/m0./s1. The molecule has 1 atom stereocenters. The monoisotopic (exact) mass is 302 g/mol. The van der Waals surface area contributed by atoms with Gasteiger partial charge >= 0.3 is 0 Å². The van der Waals surface area contributed by atoms with Crippen molar-refractivity contribution in [1.29, 1.82) is 0 Å². The lowest BCUT2D eigenvalue weighted by Crippen LogP contribution is -2.13. The number of benzene rings is 1. The molecule has 0 fully saturated rings. The minimum absolute atomic E-state index is 0. The third-order valence-corrected chi connectivity index (χ3v) is 3.17. The first kappa shape index (κ1) is 16.5. The Morgan fingerprint density at radius 2 is 1.90 bits per heavy atom. The fraction of sp³-hybridized carbons (Fsp3) is 0.538. The smallest absolute Gasteiger partial charge is 0.278 e. The highest BCUT2D eigenvalue weighted by atomic mass is 35.5. The Morgan fingerprint density at radius 3 is 2.45 bits per heavy atom. The molecule has 0 saturated carbocycles. The molecule has 2 rings (SSSR count). The first-order valence-electron chi connectivity index (χ1n) is 6.32. The molecule has 1 aromatic rings. The van der Waals surface area contributed by atoms with Gasteiger partial charge in [-0.05, 0) is 24.8 Å². The lowest BCUT2D eigenvalue weighted by molar-refractivity contribution is -0.385. The molecular weight excluding hydrogens is 284 g/mol. The molecule has 112 valence electrons. The molecule has 1 heterocycles. The van der Waals surface area contributed by atoms with Crippen molar-refractivity contribution in [1.82, 2.24) is 0 Å². The fourth-order valence-corrected chi connectivity index (χ4v) is 2.07. The van der Waals surface area contributed by atoms with E-state index in [0.717, 1.165) is 6.42 Å². The Bertz CT molecular complexity index is 494. The third kappa shape index (κ3) is 3.52. The number of rotatable bonds is 5. The largest absolute Gasteiger partial charge is 0.454 e. The summed E-state index contributed by atoms with van der Waals surface area (Å²) < 4.78 is 10.4. The third-order valence-electron chi connectivity index (χ3n) is 3.17. The second-order valence-electron chi connectivity index (χ2n) is 5.10. The van der Waals surface area contributed by atoms with Gasteiger partial charge in [-0.15, -0.1) is 12.4 Å². The first-order valence-corrected chi connectivity index (χ1v) is 6.32. The van der Waals surface area contributed by atoms with Crippen LogP contribution in [0.25, 0.3) is 0 Å². The molecule has 6 nitrogen and oxygen atoms in total. The van der Waals surface area contributed by atoms with E-state index < -0.39 is 4.92 Å². The summed E-state index contributed by atoms with van der Waals surface area (Å²) in [5, 5.41) is 11.1. The average Bonchev–Trinajstić information content (AvgIpc) is 2.81. The topological polar surface area (TPSA) is 87.6 Å². The van der Waals surface area contributed by atoms with E-state index in [4.69, 9.17) is 15.2 Å². The van der Waals surface area contributed by atoms with Crippen molar-refractivity contribution in [2.75, 3.05) is 6.79 Å². The predicted molar refractivity (Wildman–Crippen MR) is 77.5 cm³/mol. The average molecular weight is 303 g/mol. The molecule has 0 spiro atoms. The summed E-state index contributed by atoms with van der Waals surface area (Å²) >= 11 is 0. The molecule has 0 unspecified atom stereocenters. The van der Waals surface area contributed by atoms with E-state index in [1.54, 1.807) is 6.07 Å². The number of hydrogen-bond acceptors (Lipinski definition) is 5. The maximum absolute atomic E-state index is 11.1. The van der Waals surface area contributed by atoms with E-state index in [-0.39, 0.29) is 30.9 Å². The molecule has 0 aromatic heterocycles. The zero-order valence-electron chi connectivity index (χ0n) is 11.5. The van der Waals surface area contributed by atoms with Gasteiger partial charge in [-0.25, -0.2) is 0 Å². The van der Waals surface area contributed by atoms with E-state index in [9.17, 15) is 10.1 Å². The fourth-order valence-electron chi connectivity index (χ4n) is 2.07. The number of nitrogens with zero attached hydrogens (tertiary/aromatic N) is 1. The van der Waals surface area contributed by atoms with Gasteiger partial charge < -0.3 is 15.2 Å². The van der Waals surface area contributed by atoms with E-state index in [1.165, 1.54) is 6.07 Å². The van der Waals surface area contributed by atoms with Crippen LogP contribution in [0.15, 0.2) is 12.1 Å². The quantitative estimate of drug-likeness (QED) is 0.666. The lowest BCUT2D eigenvalue weighted by Gasteiger charge is -2.14. The first-order chi connectivity index (χ1) is 8.99. The summed E-state index contributed by atoms with van der Waals surface area (Å²) in [5.41, 5.74) is 6.58. The number of nitro groups is 1. The highest BCUT2D eigenvalue weighted by molar-refractivity contribution is 5.85. The van der Waals surface area contributed by atoms with Gasteiger partial charge in [0, 0.05) is 6.04 Å². The summed E-state index contributed by atoms with van der Waals surface area (Å²) in [6, 6.07) is 2.66. The van der Waals surface area contributed by atoms with Gasteiger partial charge in [0.25, 0.3) is 5.69 Å². The maximum atomic E-state index is 11.1. The number of nitro benzene ring substituents is 1. The molecule has 0 saturated heterocycles. The van der Waals surface area contributed by atoms with Crippen molar-refractivity contribution in [3.63, 3.8) is 0 Å². The number of fused-ring (bicyclic) bond motifs is 1. The van der Waals surface area contributed by atoms with Crippen LogP contribution in [0.4, 0.5) is 5.69 Å². The van der Waals surface area contributed by atoms with Crippen LogP contribution in [0, 0.1) is 16.0 Å². The molecule has 0 radical (unpaired) electrons. The summed E-state index contributed by atoms with van der Waals surface area (Å²) in [6.45, 7) is 4.29. The Labute approximate surface area is 123 Å². The predicted octanol–water partition coefficient (Wildman–Crippen LogP) is 3.18. The Hall–Kier alpha value is -1.53. The zero-order chi connectivity index (χ0) is 14.0. The second-order valence-corrected chi connectivity index (χ2v) is 5.10. The van der Waals surface area contributed by atoms with Gasteiger partial charge in [-0.2, -0.15) is 0 Å². The normalized spacial score (nSPS) is 14.0. The summed E-state index contributed by atoms with van der Waals surface area (Å²) in [6.07, 6.45) is 1.63. The maximum Gasteiger partial charge on any atom is 0.278 e. The van der Waals surface area contributed by atoms with Gasteiger partial charge in [0.15, 0.2) is 11.5 Å². The molecule has 1 aromatic carbocycles. The van der Waals surface area contributed by atoms with E-state index >= 15 is 0 Å². The van der Waals surface area contributed by atoms with Crippen molar-refractivity contribution in [3.05, 3.63) is 27.8 Å². The van der Waals surface area contributed by atoms with E-state index in [0.29, 0.717) is 29.4 Å². The summed E-state index contributed by atoms with van der Waals surface area (Å²) in [4.78, 5) is 10.7. The number of hydrogen-bond donors (Lipinski definition) is 1. The SMILES string of the molecule is CC(C)CC[C@H](N)c1cc2c(cc1[N+](=O)[O-])OCO2.Cl. The van der Waals surface area contributed by atoms with Crippen molar-refractivity contribution in [3.8, 4) is 11.5 Å². The number of ether oxygens (including phenoxy) is 2. The van der Waals surface area contributed by atoms with E-state index in [1.807, 2.05) is 0 Å². The molecule has 1 aliphatic heterocycles.